The largest absolute Gasteiger partial charge is 0.311 e. The van der Waals surface area contributed by atoms with E-state index in [1.54, 1.807) is 10.7 Å². The molecule has 0 saturated carbocycles. The molecular formula is C12H14Cl2N4. The summed E-state index contributed by atoms with van der Waals surface area (Å²) in [4.78, 5) is 0. The fourth-order valence-corrected chi connectivity index (χ4v) is 2.02. The minimum Gasteiger partial charge on any atom is -0.311 e. The van der Waals surface area contributed by atoms with Crippen molar-refractivity contribution in [1.29, 1.82) is 0 Å². The highest BCUT2D eigenvalue weighted by Gasteiger charge is 2.09. The number of hydrogen-bond acceptors (Lipinski definition) is 3. The van der Waals surface area contributed by atoms with Crippen molar-refractivity contribution in [3.05, 3.63) is 39.6 Å². The molecule has 6 heteroatoms. The lowest BCUT2D eigenvalue weighted by atomic mass is 10.2. The summed E-state index contributed by atoms with van der Waals surface area (Å²) in [7, 11) is 0. The maximum absolute atomic E-state index is 6.19. The van der Waals surface area contributed by atoms with E-state index in [4.69, 9.17) is 23.2 Å². The molecule has 0 amide bonds. The molecule has 1 aromatic heterocycles. The Morgan fingerprint density at radius 3 is 2.78 bits per heavy atom. The van der Waals surface area contributed by atoms with Crippen molar-refractivity contribution >= 4 is 23.2 Å². The first-order valence-electron chi connectivity index (χ1n) is 5.69. The standard InChI is InChI=1S/C12H14Cl2N4/c1-3-15-6-9-7-18(17-16-9)12-5-10(13)8(2)4-11(12)14/h4-5,7,15H,3,6H2,1-2H3. The summed E-state index contributed by atoms with van der Waals surface area (Å²) >= 11 is 12.3. The zero-order valence-electron chi connectivity index (χ0n) is 10.2. The van der Waals surface area contributed by atoms with Crippen LogP contribution in [0, 0.1) is 6.92 Å². The van der Waals surface area contributed by atoms with Gasteiger partial charge in [0.2, 0.25) is 0 Å². The number of rotatable bonds is 4. The molecule has 0 atom stereocenters. The van der Waals surface area contributed by atoms with E-state index in [-0.39, 0.29) is 0 Å². The molecule has 0 unspecified atom stereocenters. The molecule has 0 saturated heterocycles. The summed E-state index contributed by atoms with van der Waals surface area (Å²) in [6.45, 7) is 5.54. The van der Waals surface area contributed by atoms with Gasteiger partial charge in [0, 0.05) is 11.6 Å². The fourth-order valence-electron chi connectivity index (χ4n) is 1.56. The molecule has 0 aliphatic rings. The van der Waals surface area contributed by atoms with E-state index in [2.05, 4.69) is 15.6 Å². The van der Waals surface area contributed by atoms with Crippen molar-refractivity contribution in [2.45, 2.75) is 20.4 Å². The Labute approximate surface area is 116 Å². The van der Waals surface area contributed by atoms with Gasteiger partial charge in [0.1, 0.15) is 0 Å². The second-order valence-corrected chi connectivity index (χ2v) is 4.80. The zero-order chi connectivity index (χ0) is 13.1. The first-order chi connectivity index (χ1) is 8.61. The molecule has 2 rings (SSSR count). The molecule has 4 nitrogen and oxygen atoms in total. The number of aryl methyl sites for hydroxylation is 1. The molecule has 1 N–H and O–H groups in total. The van der Waals surface area contributed by atoms with E-state index in [0.717, 1.165) is 23.5 Å². The Morgan fingerprint density at radius 1 is 1.28 bits per heavy atom. The van der Waals surface area contributed by atoms with Crippen LogP contribution in [0.2, 0.25) is 10.0 Å². The van der Waals surface area contributed by atoms with Crippen LogP contribution in [0.5, 0.6) is 0 Å². The Morgan fingerprint density at radius 2 is 2.06 bits per heavy atom. The smallest absolute Gasteiger partial charge is 0.0969 e. The molecule has 2 aromatic rings. The van der Waals surface area contributed by atoms with Crippen molar-refractivity contribution in [2.75, 3.05) is 6.54 Å². The number of nitrogens with zero attached hydrogens (tertiary/aromatic N) is 3. The van der Waals surface area contributed by atoms with Gasteiger partial charge in [-0.25, -0.2) is 4.68 Å². The Bertz CT molecular complexity index is 551. The van der Waals surface area contributed by atoms with Crippen molar-refractivity contribution in [1.82, 2.24) is 20.3 Å². The van der Waals surface area contributed by atoms with Gasteiger partial charge in [0.15, 0.2) is 0 Å². The van der Waals surface area contributed by atoms with Crippen LogP contribution < -0.4 is 5.32 Å². The van der Waals surface area contributed by atoms with E-state index < -0.39 is 0 Å². The molecule has 18 heavy (non-hydrogen) atoms. The van der Waals surface area contributed by atoms with Crippen LogP contribution >= 0.6 is 23.2 Å². The zero-order valence-corrected chi connectivity index (χ0v) is 11.8. The molecule has 0 spiro atoms. The van der Waals surface area contributed by atoms with E-state index in [1.165, 1.54) is 0 Å². The third kappa shape index (κ3) is 2.83. The Balaban J connectivity index is 2.31. The molecule has 0 bridgehead atoms. The van der Waals surface area contributed by atoms with E-state index in [0.29, 0.717) is 16.6 Å². The molecule has 0 fully saturated rings. The lowest BCUT2D eigenvalue weighted by Crippen LogP contribution is -2.11. The molecular weight excluding hydrogens is 271 g/mol. The number of nitrogens with one attached hydrogen (secondary N) is 1. The predicted molar refractivity (Wildman–Crippen MR) is 73.5 cm³/mol. The maximum Gasteiger partial charge on any atom is 0.0969 e. The highest BCUT2D eigenvalue weighted by atomic mass is 35.5. The first kappa shape index (κ1) is 13.3. The highest BCUT2D eigenvalue weighted by molar-refractivity contribution is 6.35. The average molecular weight is 285 g/mol. The Kier molecular flexibility index (Phi) is 4.22. The predicted octanol–water partition coefficient (Wildman–Crippen LogP) is 2.99. The van der Waals surface area contributed by atoms with Gasteiger partial charge in [-0.05, 0) is 31.2 Å². The van der Waals surface area contributed by atoms with Gasteiger partial charge in [-0.1, -0.05) is 35.3 Å². The van der Waals surface area contributed by atoms with Crippen LogP contribution in [0.15, 0.2) is 18.3 Å². The fraction of sp³-hybridized carbons (Fsp3) is 0.333. The summed E-state index contributed by atoms with van der Waals surface area (Å²) in [6, 6.07) is 3.62. The van der Waals surface area contributed by atoms with Gasteiger partial charge in [-0.3, -0.25) is 0 Å². The van der Waals surface area contributed by atoms with Crippen LogP contribution in [0.1, 0.15) is 18.2 Å². The van der Waals surface area contributed by atoms with E-state index >= 15 is 0 Å². The van der Waals surface area contributed by atoms with Gasteiger partial charge in [0.25, 0.3) is 0 Å². The number of benzene rings is 1. The second-order valence-electron chi connectivity index (χ2n) is 3.99. The summed E-state index contributed by atoms with van der Waals surface area (Å²) < 4.78 is 1.64. The summed E-state index contributed by atoms with van der Waals surface area (Å²) in [5.74, 6) is 0. The summed E-state index contributed by atoms with van der Waals surface area (Å²) in [6.07, 6.45) is 1.84. The van der Waals surface area contributed by atoms with Crippen LogP contribution in [0.4, 0.5) is 0 Å². The van der Waals surface area contributed by atoms with Gasteiger partial charge < -0.3 is 5.32 Å². The normalized spacial score (nSPS) is 10.9. The first-order valence-corrected chi connectivity index (χ1v) is 6.45. The van der Waals surface area contributed by atoms with E-state index in [9.17, 15) is 0 Å². The van der Waals surface area contributed by atoms with Crippen molar-refractivity contribution in [2.24, 2.45) is 0 Å². The van der Waals surface area contributed by atoms with Crippen LogP contribution in [-0.4, -0.2) is 21.5 Å². The van der Waals surface area contributed by atoms with Crippen molar-refractivity contribution < 1.29 is 0 Å². The molecule has 0 aliphatic heterocycles. The third-order valence-electron chi connectivity index (χ3n) is 2.57. The van der Waals surface area contributed by atoms with Crippen molar-refractivity contribution in [3.8, 4) is 5.69 Å². The van der Waals surface area contributed by atoms with Gasteiger partial charge in [0.05, 0.1) is 22.6 Å². The molecule has 96 valence electrons. The molecule has 0 radical (unpaired) electrons. The quantitative estimate of drug-likeness (QED) is 0.939. The van der Waals surface area contributed by atoms with Gasteiger partial charge >= 0.3 is 0 Å². The monoisotopic (exact) mass is 284 g/mol. The lowest BCUT2D eigenvalue weighted by Gasteiger charge is -2.06. The SMILES string of the molecule is CCNCc1cn(-c2cc(Cl)c(C)cc2Cl)nn1. The number of aromatic nitrogens is 3. The lowest BCUT2D eigenvalue weighted by molar-refractivity contribution is 0.705. The van der Waals surface area contributed by atoms with Gasteiger partial charge in [-0.15, -0.1) is 5.10 Å². The maximum atomic E-state index is 6.19. The minimum absolute atomic E-state index is 0.608. The van der Waals surface area contributed by atoms with Crippen molar-refractivity contribution in [3.63, 3.8) is 0 Å². The minimum atomic E-state index is 0.608. The molecule has 1 aromatic carbocycles. The topological polar surface area (TPSA) is 42.7 Å². The summed E-state index contributed by atoms with van der Waals surface area (Å²) in [5.41, 5.74) is 2.55. The number of hydrogen-bond donors (Lipinski definition) is 1. The second kappa shape index (κ2) is 5.69. The summed E-state index contributed by atoms with van der Waals surface area (Å²) in [5, 5.41) is 12.6. The van der Waals surface area contributed by atoms with E-state index in [1.807, 2.05) is 26.1 Å². The van der Waals surface area contributed by atoms with Crippen LogP contribution in [-0.2, 0) is 6.54 Å². The Hall–Kier alpha value is -1.10. The number of halogens is 2. The van der Waals surface area contributed by atoms with Crippen LogP contribution in [0.3, 0.4) is 0 Å². The molecule has 1 heterocycles. The molecule has 0 aliphatic carbocycles. The highest BCUT2D eigenvalue weighted by Crippen LogP contribution is 2.27. The van der Waals surface area contributed by atoms with Crippen LogP contribution in [0.25, 0.3) is 5.69 Å². The average Bonchev–Trinajstić information content (AvgIpc) is 2.79. The third-order valence-corrected chi connectivity index (χ3v) is 3.28. The van der Waals surface area contributed by atoms with Gasteiger partial charge in [-0.2, -0.15) is 0 Å².